The predicted molar refractivity (Wildman–Crippen MR) is 140 cm³/mol. The number of pyridine rings is 1. The van der Waals surface area contributed by atoms with E-state index in [4.69, 9.17) is 37.4 Å². The third kappa shape index (κ3) is 7.90. The van der Waals surface area contributed by atoms with E-state index < -0.39 is 39.4 Å². The van der Waals surface area contributed by atoms with Gasteiger partial charge in [0.15, 0.2) is 0 Å². The Kier molecular flexibility index (Phi) is 10.5. The Morgan fingerprint density at radius 1 is 1.07 bits per heavy atom. The second kappa shape index (κ2) is 13.4. The minimum atomic E-state index is -4.66. The van der Waals surface area contributed by atoms with Crippen LogP contribution in [-0.2, 0) is 27.4 Å². The first kappa shape index (κ1) is 31.3. The van der Waals surface area contributed by atoms with Gasteiger partial charge in [0, 0.05) is 25.9 Å². The molecule has 1 heterocycles. The molecule has 0 saturated heterocycles. The monoisotopic (exact) mass is 622 g/mol. The molecule has 216 valence electrons. The summed E-state index contributed by atoms with van der Waals surface area (Å²) in [6, 6.07) is 10.8. The molecule has 3 aromatic rings. The minimum absolute atomic E-state index is 0.0182. The highest BCUT2D eigenvalue weighted by atomic mass is 35.5. The number of carbonyl (C=O) groups is 1. The first-order chi connectivity index (χ1) is 18.8. The van der Waals surface area contributed by atoms with E-state index >= 15 is 0 Å². The van der Waals surface area contributed by atoms with Crippen molar-refractivity contribution in [1.29, 1.82) is 0 Å². The van der Waals surface area contributed by atoms with E-state index in [1.54, 1.807) is 12.1 Å². The summed E-state index contributed by atoms with van der Waals surface area (Å²) in [5.41, 5.74) is -0.604. The Hall–Kier alpha value is -3.26. The summed E-state index contributed by atoms with van der Waals surface area (Å²) in [4.78, 5) is 15.2. The molecule has 9 nitrogen and oxygen atoms in total. The summed E-state index contributed by atoms with van der Waals surface area (Å²) in [6.45, 7) is 0.0604. The highest BCUT2D eigenvalue weighted by molar-refractivity contribution is 7.89. The lowest BCUT2D eigenvalue weighted by molar-refractivity contribution is -0.137. The van der Waals surface area contributed by atoms with Crippen LogP contribution in [0.15, 0.2) is 59.6 Å². The molecule has 0 spiro atoms. The third-order valence-electron chi connectivity index (χ3n) is 5.36. The summed E-state index contributed by atoms with van der Waals surface area (Å²) in [6.07, 6.45) is -5.66. The molecule has 15 heteroatoms. The van der Waals surface area contributed by atoms with Gasteiger partial charge in [-0.25, -0.2) is 22.5 Å². The molecule has 3 rings (SSSR count). The summed E-state index contributed by atoms with van der Waals surface area (Å²) in [5, 5.41) is 9.08. The quantitative estimate of drug-likeness (QED) is 0.227. The largest absolute Gasteiger partial charge is 0.491 e. The summed E-state index contributed by atoms with van der Waals surface area (Å²) in [7, 11) is -2.97. The van der Waals surface area contributed by atoms with Crippen molar-refractivity contribution in [1.82, 2.24) is 9.29 Å². The van der Waals surface area contributed by atoms with Crippen LogP contribution in [-0.4, -0.2) is 55.8 Å². The van der Waals surface area contributed by atoms with E-state index in [0.717, 1.165) is 0 Å². The molecular formula is C25H23Cl2F3N2O7S. The number of methoxy groups -OCH3 is 1. The van der Waals surface area contributed by atoms with Crippen molar-refractivity contribution < 1.29 is 45.7 Å². The lowest BCUT2D eigenvalue weighted by Gasteiger charge is -2.20. The van der Waals surface area contributed by atoms with E-state index in [0.29, 0.717) is 23.6 Å². The fraction of sp³-hybridized carbons (Fsp3) is 0.280. The van der Waals surface area contributed by atoms with E-state index in [1.807, 2.05) is 0 Å². The third-order valence-corrected chi connectivity index (χ3v) is 7.90. The van der Waals surface area contributed by atoms with Gasteiger partial charge < -0.3 is 19.3 Å². The van der Waals surface area contributed by atoms with Crippen LogP contribution in [0.2, 0.25) is 10.0 Å². The highest BCUT2D eigenvalue weighted by Gasteiger charge is 2.32. The van der Waals surface area contributed by atoms with Gasteiger partial charge in [0.1, 0.15) is 28.0 Å². The first-order valence-corrected chi connectivity index (χ1v) is 13.7. The molecule has 1 N–H and O–H groups in total. The smallest absolute Gasteiger partial charge is 0.421 e. The molecule has 0 radical (unpaired) electrons. The number of rotatable bonds is 12. The summed E-state index contributed by atoms with van der Waals surface area (Å²) in [5.74, 6) is 0.144. The van der Waals surface area contributed by atoms with Gasteiger partial charge in [-0.15, -0.1) is 0 Å². The maximum absolute atomic E-state index is 13.0. The number of sulfonamides is 1. The topological polar surface area (TPSA) is 115 Å². The number of carboxylic acid groups (broad SMARTS) is 1. The number of alkyl halides is 3. The molecule has 0 aliphatic rings. The maximum atomic E-state index is 13.0. The molecule has 1 aromatic heterocycles. The van der Waals surface area contributed by atoms with Crippen molar-refractivity contribution in [3.8, 4) is 17.4 Å². The second-order valence-corrected chi connectivity index (χ2v) is 10.8. The van der Waals surface area contributed by atoms with Gasteiger partial charge in [-0.05, 0) is 42.7 Å². The number of halogens is 5. The molecule has 0 aliphatic heterocycles. The van der Waals surface area contributed by atoms with Crippen molar-refractivity contribution >= 4 is 39.3 Å². The fourth-order valence-electron chi connectivity index (χ4n) is 3.43. The standard InChI is InChI=1S/C25H23Cl2F3N2O7S/c1-37-11-12-38-18-9-8-16(21(14-18)39-23-20(27)13-17(15-31-23)25(28,29)30)5-4-10-32(24(33)34)40(35,36)22-7-3-2-6-19(22)26/h2-3,6-9,13-15H,4-5,10-12H2,1H3,(H,33,34). The van der Waals surface area contributed by atoms with Gasteiger partial charge in [0.25, 0.3) is 10.0 Å². The van der Waals surface area contributed by atoms with E-state index in [9.17, 15) is 31.5 Å². The average molecular weight is 623 g/mol. The van der Waals surface area contributed by atoms with Crippen LogP contribution in [0.25, 0.3) is 0 Å². The van der Waals surface area contributed by atoms with Crippen LogP contribution >= 0.6 is 23.2 Å². The zero-order valence-corrected chi connectivity index (χ0v) is 23.1. The average Bonchev–Trinajstić information content (AvgIpc) is 2.88. The number of aromatic nitrogens is 1. The zero-order chi connectivity index (χ0) is 29.5. The molecule has 2 aromatic carbocycles. The van der Waals surface area contributed by atoms with Crippen molar-refractivity contribution in [3.05, 3.63) is 75.9 Å². The molecule has 0 aliphatic carbocycles. The molecule has 40 heavy (non-hydrogen) atoms. The second-order valence-electron chi connectivity index (χ2n) is 8.12. The van der Waals surface area contributed by atoms with Gasteiger partial charge in [-0.3, -0.25) is 0 Å². The minimum Gasteiger partial charge on any atom is -0.491 e. The number of ether oxygens (including phenoxy) is 3. The van der Waals surface area contributed by atoms with Gasteiger partial charge in [-0.1, -0.05) is 41.4 Å². The number of amides is 1. The molecule has 0 fully saturated rings. The number of hydrogen-bond donors (Lipinski definition) is 1. The van der Waals surface area contributed by atoms with Gasteiger partial charge in [0.05, 0.1) is 17.2 Å². The highest BCUT2D eigenvalue weighted by Crippen LogP contribution is 2.37. The van der Waals surface area contributed by atoms with Crippen molar-refractivity contribution in [2.75, 3.05) is 26.9 Å². The van der Waals surface area contributed by atoms with Crippen LogP contribution in [0, 0.1) is 0 Å². The lowest BCUT2D eigenvalue weighted by atomic mass is 10.1. The molecule has 0 atom stereocenters. The number of aryl methyl sites for hydroxylation is 1. The number of nitrogens with zero attached hydrogens (tertiary/aromatic N) is 2. The van der Waals surface area contributed by atoms with E-state index in [2.05, 4.69) is 4.98 Å². The Morgan fingerprint density at radius 3 is 2.42 bits per heavy atom. The SMILES string of the molecule is COCCOc1ccc(CCCN(C(=O)O)S(=O)(=O)c2ccccc2Cl)c(Oc2ncc(C(F)(F)F)cc2Cl)c1. The zero-order valence-electron chi connectivity index (χ0n) is 20.8. The summed E-state index contributed by atoms with van der Waals surface area (Å²) >= 11 is 12.0. The normalized spacial score (nSPS) is 11.8. The van der Waals surface area contributed by atoms with Crippen molar-refractivity contribution in [2.45, 2.75) is 23.9 Å². The van der Waals surface area contributed by atoms with Gasteiger partial charge >= 0.3 is 12.3 Å². The molecule has 0 unspecified atom stereocenters. The van der Waals surface area contributed by atoms with Gasteiger partial charge in [0.2, 0.25) is 5.88 Å². The number of benzene rings is 2. The molecule has 1 amide bonds. The Bertz CT molecular complexity index is 1460. The van der Waals surface area contributed by atoms with E-state index in [1.165, 1.54) is 37.4 Å². The van der Waals surface area contributed by atoms with Crippen molar-refractivity contribution in [3.63, 3.8) is 0 Å². The Balaban J connectivity index is 1.85. The van der Waals surface area contributed by atoms with Crippen LogP contribution < -0.4 is 9.47 Å². The Labute approximate surface area is 238 Å². The van der Waals surface area contributed by atoms with Crippen molar-refractivity contribution in [2.24, 2.45) is 0 Å². The first-order valence-electron chi connectivity index (χ1n) is 11.5. The lowest BCUT2D eigenvalue weighted by Crippen LogP contribution is -2.36. The predicted octanol–water partition coefficient (Wildman–Crippen LogP) is 6.53. The molecule has 0 saturated carbocycles. The fourth-order valence-corrected chi connectivity index (χ4v) is 5.44. The van der Waals surface area contributed by atoms with Crippen LogP contribution in [0.3, 0.4) is 0 Å². The Morgan fingerprint density at radius 2 is 1.80 bits per heavy atom. The van der Waals surface area contributed by atoms with Crippen LogP contribution in [0.4, 0.5) is 18.0 Å². The van der Waals surface area contributed by atoms with Crippen LogP contribution in [0.5, 0.6) is 17.4 Å². The summed E-state index contributed by atoms with van der Waals surface area (Å²) < 4.78 is 81.4. The van der Waals surface area contributed by atoms with Crippen LogP contribution in [0.1, 0.15) is 17.5 Å². The van der Waals surface area contributed by atoms with Gasteiger partial charge in [-0.2, -0.15) is 13.2 Å². The number of hydrogen-bond acceptors (Lipinski definition) is 7. The maximum Gasteiger partial charge on any atom is 0.421 e. The van der Waals surface area contributed by atoms with E-state index in [-0.39, 0.29) is 51.9 Å². The molecule has 0 bridgehead atoms. The molecular weight excluding hydrogens is 600 g/mol.